The van der Waals surface area contributed by atoms with Crippen molar-refractivity contribution in [2.45, 2.75) is 81.7 Å². The summed E-state index contributed by atoms with van der Waals surface area (Å²) in [5.41, 5.74) is 0.416. The fourth-order valence-corrected chi connectivity index (χ4v) is 9.68. The predicted molar refractivity (Wildman–Crippen MR) is 99.5 cm³/mol. The zero-order chi connectivity index (χ0) is 17.6. The van der Waals surface area contributed by atoms with E-state index in [2.05, 4.69) is 22.9 Å². The molecule has 5 aliphatic rings. The van der Waals surface area contributed by atoms with Gasteiger partial charge in [-0.25, -0.2) is 0 Å². The van der Waals surface area contributed by atoms with E-state index in [0.29, 0.717) is 23.5 Å². The molecule has 2 bridgehead atoms. The van der Waals surface area contributed by atoms with Crippen molar-refractivity contribution in [1.82, 2.24) is 0 Å². The summed E-state index contributed by atoms with van der Waals surface area (Å²) in [6.45, 7) is 5.09. The topological polar surface area (TPSA) is 46.5 Å². The Morgan fingerprint density at radius 2 is 1.96 bits per heavy atom. The molecular weight excluding hydrogens is 380 g/mol. The lowest BCUT2D eigenvalue weighted by Gasteiger charge is -2.62. The summed E-state index contributed by atoms with van der Waals surface area (Å²) >= 11 is 4.14. The van der Waals surface area contributed by atoms with Gasteiger partial charge in [-0.05, 0) is 81.5 Å². The van der Waals surface area contributed by atoms with Crippen molar-refractivity contribution in [3.63, 3.8) is 0 Å². The average molecular weight is 411 g/mol. The van der Waals surface area contributed by atoms with E-state index in [0.717, 1.165) is 38.7 Å². The maximum atomic E-state index is 12.3. The summed E-state index contributed by atoms with van der Waals surface area (Å²) in [7, 11) is 0. The molecule has 4 aliphatic carbocycles. The highest BCUT2D eigenvalue weighted by molar-refractivity contribution is 9.10. The van der Waals surface area contributed by atoms with Crippen LogP contribution in [0.25, 0.3) is 0 Å². The third kappa shape index (κ3) is 1.97. The predicted octanol–water partition coefficient (Wildman–Crippen LogP) is 4.10. The van der Waals surface area contributed by atoms with Crippen LogP contribution in [0.1, 0.15) is 65.2 Å². The SMILES string of the molecule is CC(=O)[C@H]1CC[C@H]2[C@@H]3C[C@H]4OC[C@@]5(CC[C@H](O)C[C@@]45Br)[C@H]3CC[C@]12C. The van der Waals surface area contributed by atoms with Crippen molar-refractivity contribution in [2.75, 3.05) is 6.61 Å². The molecule has 0 radical (unpaired) electrons. The first-order valence-electron chi connectivity index (χ1n) is 10.3. The van der Waals surface area contributed by atoms with E-state index in [9.17, 15) is 9.90 Å². The minimum Gasteiger partial charge on any atom is -0.393 e. The van der Waals surface area contributed by atoms with E-state index >= 15 is 0 Å². The molecule has 1 heterocycles. The highest BCUT2D eigenvalue weighted by Gasteiger charge is 2.72. The van der Waals surface area contributed by atoms with Gasteiger partial charge < -0.3 is 9.84 Å². The number of hydrogen-bond donors (Lipinski definition) is 1. The molecule has 1 N–H and O–H groups in total. The second kappa shape index (κ2) is 5.32. The fourth-order valence-electron chi connectivity index (χ4n) is 8.38. The second-order valence-corrected chi connectivity index (χ2v) is 11.5. The number of rotatable bonds is 1. The Labute approximate surface area is 159 Å². The molecule has 4 saturated carbocycles. The summed E-state index contributed by atoms with van der Waals surface area (Å²) in [5, 5.41) is 10.3. The summed E-state index contributed by atoms with van der Waals surface area (Å²) in [6.07, 6.45) is 8.79. The maximum absolute atomic E-state index is 12.3. The number of carbonyl (C=O) groups is 1. The number of carbonyl (C=O) groups excluding carboxylic acids is 1. The molecule has 1 saturated heterocycles. The van der Waals surface area contributed by atoms with Crippen molar-refractivity contribution in [3.05, 3.63) is 0 Å². The zero-order valence-corrected chi connectivity index (χ0v) is 17.1. The molecule has 25 heavy (non-hydrogen) atoms. The molecule has 4 heteroatoms. The largest absolute Gasteiger partial charge is 0.393 e. The number of aliphatic hydroxyl groups excluding tert-OH is 1. The van der Waals surface area contributed by atoms with Crippen LogP contribution in [0.15, 0.2) is 0 Å². The van der Waals surface area contributed by atoms with Crippen LogP contribution in [0.2, 0.25) is 0 Å². The van der Waals surface area contributed by atoms with Crippen LogP contribution in [-0.2, 0) is 9.53 Å². The first kappa shape index (κ1) is 17.2. The lowest BCUT2D eigenvalue weighted by atomic mass is 9.44. The minimum absolute atomic E-state index is 0.0227. The molecule has 5 fully saturated rings. The van der Waals surface area contributed by atoms with Gasteiger partial charge in [-0.15, -0.1) is 0 Å². The average Bonchev–Trinajstić information content (AvgIpc) is 2.97. The van der Waals surface area contributed by atoms with Gasteiger partial charge in [0.1, 0.15) is 5.78 Å². The molecule has 5 rings (SSSR count). The third-order valence-electron chi connectivity index (χ3n) is 9.46. The van der Waals surface area contributed by atoms with Crippen LogP contribution in [0.3, 0.4) is 0 Å². The van der Waals surface area contributed by atoms with Crippen molar-refractivity contribution in [3.8, 4) is 0 Å². The second-order valence-electron chi connectivity index (χ2n) is 10.1. The molecular formula is C21H31BrO3. The van der Waals surface area contributed by atoms with Crippen molar-refractivity contribution in [2.24, 2.45) is 34.5 Å². The third-order valence-corrected chi connectivity index (χ3v) is 11.1. The van der Waals surface area contributed by atoms with Crippen LogP contribution in [0.5, 0.6) is 0 Å². The lowest BCUT2D eigenvalue weighted by molar-refractivity contribution is -0.131. The number of Topliss-reactive ketones (excluding diaryl/α,β-unsaturated/α-hetero) is 1. The smallest absolute Gasteiger partial charge is 0.133 e. The first-order valence-corrected chi connectivity index (χ1v) is 11.1. The first-order chi connectivity index (χ1) is 11.8. The number of ether oxygens (including phenoxy) is 1. The Balaban J connectivity index is 1.52. The number of hydrogen-bond acceptors (Lipinski definition) is 3. The van der Waals surface area contributed by atoms with Gasteiger partial charge in [-0.2, -0.15) is 0 Å². The Kier molecular flexibility index (Phi) is 3.66. The summed E-state index contributed by atoms with van der Waals surface area (Å²) in [4.78, 5) is 12.3. The van der Waals surface area contributed by atoms with Gasteiger partial charge in [0.25, 0.3) is 0 Å². The Morgan fingerprint density at radius 1 is 1.16 bits per heavy atom. The molecule has 140 valence electrons. The number of aliphatic hydroxyl groups is 1. The maximum Gasteiger partial charge on any atom is 0.133 e. The molecule has 1 aliphatic heterocycles. The Bertz CT molecular complexity index is 608. The quantitative estimate of drug-likeness (QED) is 0.661. The van der Waals surface area contributed by atoms with Crippen LogP contribution in [0, 0.1) is 34.5 Å². The molecule has 0 aromatic carbocycles. The fraction of sp³-hybridized carbons (Fsp3) is 0.952. The van der Waals surface area contributed by atoms with Crippen LogP contribution in [-0.4, -0.2) is 34.0 Å². The monoisotopic (exact) mass is 410 g/mol. The summed E-state index contributed by atoms with van der Waals surface area (Å²) in [5.74, 6) is 2.77. The number of halogens is 1. The molecule has 0 unspecified atom stereocenters. The molecule has 0 aromatic rings. The van der Waals surface area contributed by atoms with Gasteiger partial charge in [0, 0.05) is 11.3 Å². The molecule has 0 amide bonds. The van der Waals surface area contributed by atoms with E-state index in [-0.39, 0.29) is 33.3 Å². The van der Waals surface area contributed by atoms with Crippen molar-refractivity contribution in [1.29, 1.82) is 0 Å². The normalized spacial score (nSPS) is 59.8. The molecule has 3 nitrogen and oxygen atoms in total. The van der Waals surface area contributed by atoms with E-state index in [1.807, 2.05) is 6.92 Å². The zero-order valence-electron chi connectivity index (χ0n) is 15.5. The van der Waals surface area contributed by atoms with Gasteiger partial charge in [-0.3, -0.25) is 4.79 Å². The number of ketones is 1. The molecule has 9 atom stereocenters. The molecule has 0 spiro atoms. The summed E-state index contributed by atoms with van der Waals surface area (Å²) in [6, 6.07) is 0. The van der Waals surface area contributed by atoms with Crippen LogP contribution in [0.4, 0.5) is 0 Å². The van der Waals surface area contributed by atoms with Gasteiger partial charge in [-0.1, -0.05) is 22.9 Å². The number of fused-ring (bicyclic) bond motifs is 3. The summed E-state index contributed by atoms with van der Waals surface area (Å²) < 4.78 is 6.37. The highest BCUT2D eigenvalue weighted by atomic mass is 79.9. The Hall–Kier alpha value is 0.0700. The molecule has 0 aromatic heterocycles. The lowest BCUT2D eigenvalue weighted by Crippen LogP contribution is -2.63. The van der Waals surface area contributed by atoms with Crippen LogP contribution < -0.4 is 0 Å². The van der Waals surface area contributed by atoms with Crippen molar-refractivity contribution >= 4 is 21.7 Å². The van der Waals surface area contributed by atoms with E-state index in [1.165, 1.54) is 19.3 Å². The van der Waals surface area contributed by atoms with E-state index in [4.69, 9.17) is 4.74 Å². The van der Waals surface area contributed by atoms with E-state index < -0.39 is 0 Å². The van der Waals surface area contributed by atoms with E-state index in [1.54, 1.807) is 0 Å². The number of alkyl halides is 1. The standard InChI is InChI=1S/C21H31BrO3/c1-12(23)15-3-4-16-14-9-18-21(22)10-13(24)5-8-20(21,11-25-18)17(14)6-7-19(15,16)2/h13-18,24H,3-11H2,1-2H3/t13-,14-,15+,16-,17-,18+,19+,20-,21+/m0/s1. The van der Waals surface area contributed by atoms with Gasteiger partial charge >= 0.3 is 0 Å². The highest BCUT2D eigenvalue weighted by Crippen LogP contribution is 2.72. The van der Waals surface area contributed by atoms with Gasteiger partial charge in [0.2, 0.25) is 0 Å². The van der Waals surface area contributed by atoms with Crippen LogP contribution >= 0.6 is 15.9 Å². The van der Waals surface area contributed by atoms with Gasteiger partial charge in [0.05, 0.1) is 23.1 Å². The van der Waals surface area contributed by atoms with Gasteiger partial charge in [0.15, 0.2) is 0 Å². The minimum atomic E-state index is -0.185. The van der Waals surface area contributed by atoms with Crippen molar-refractivity contribution < 1.29 is 14.6 Å². The Morgan fingerprint density at radius 3 is 2.72 bits per heavy atom.